The van der Waals surface area contributed by atoms with Crippen LogP contribution in [0.5, 0.6) is 0 Å². The lowest BCUT2D eigenvalue weighted by Crippen LogP contribution is -2.40. The molecule has 0 saturated carbocycles. The fraction of sp³-hybridized carbons (Fsp3) is 0.833. The van der Waals surface area contributed by atoms with E-state index < -0.39 is 0 Å². The fourth-order valence-electron chi connectivity index (χ4n) is 2.59. The van der Waals surface area contributed by atoms with Gasteiger partial charge in [0.15, 0.2) is 0 Å². The van der Waals surface area contributed by atoms with Crippen molar-refractivity contribution in [2.24, 2.45) is 5.92 Å². The molecule has 0 amide bonds. The number of nitrogens with zero attached hydrogens (tertiary/aromatic N) is 1. The highest BCUT2D eigenvalue weighted by molar-refractivity contribution is 5.04. The van der Waals surface area contributed by atoms with Crippen molar-refractivity contribution in [1.29, 1.82) is 0 Å². The Morgan fingerprint density at radius 1 is 1.57 bits per heavy atom. The van der Waals surface area contributed by atoms with Crippen molar-refractivity contribution in [2.75, 3.05) is 32.7 Å². The van der Waals surface area contributed by atoms with Gasteiger partial charge in [0.05, 0.1) is 0 Å². The summed E-state index contributed by atoms with van der Waals surface area (Å²) in [4.78, 5) is 2.62. The lowest BCUT2D eigenvalue weighted by Gasteiger charge is -2.32. The van der Waals surface area contributed by atoms with Gasteiger partial charge in [0.2, 0.25) is 0 Å². The molecule has 1 atom stereocenters. The second-order valence-electron chi connectivity index (χ2n) is 4.79. The quantitative estimate of drug-likeness (QED) is 0.672. The molecule has 1 fully saturated rings. The molecule has 1 saturated heterocycles. The number of rotatable bonds is 2. The minimum absolute atomic E-state index is 0.898. The summed E-state index contributed by atoms with van der Waals surface area (Å²) in [6, 6.07) is 0. The van der Waals surface area contributed by atoms with Gasteiger partial charge >= 0.3 is 0 Å². The van der Waals surface area contributed by atoms with E-state index in [9.17, 15) is 0 Å². The van der Waals surface area contributed by atoms with Crippen LogP contribution in [-0.4, -0.2) is 37.6 Å². The Morgan fingerprint density at radius 3 is 3.21 bits per heavy atom. The van der Waals surface area contributed by atoms with Crippen molar-refractivity contribution in [3.05, 3.63) is 11.6 Å². The van der Waals surface area contributed by atoms with E-state index in [0.717, 1.165) is 5.92 Å². The minimum atomic E-state index is 0.898. The zero-order valence-electron chi connectivity index (χ0n) is 9.26. The van der Waals surface area contributed by atoms with Gasteiger partial charge in [-0.05, 0) is 45.2 Å². The number of hydrogen-bond acceptors (Lipinski definition) is 2. The van der Waals surface area contributed by atoms with Crippen LogP contribution in [0, 0.1) is 5.92 Å². The average molecular weight is 194 g/mol. The smallest absolute Gasteiger partial charge is 0.0190 e. The number of nitrogens with one attached hydrogen (secondary N) is 1. The summed E-state index contributed by atoms with van der Waals surface area (Å²) in [6.07, 6.45) is 6.43. The van der Waals surface area contributed by atoms with Crippen LogP contribution in [0.15, 0.2) is 11.6 Å². The van der Waals surface area contributed by atoms with Gasteiger partial charge in [-0.3, -0.25) is 4.90 Å². The molecule has 2 nitrogen and oxygen atoms in total. The molecule has 0 aromatic carbocycles. The normalized spacial score (nSPS) is 30.1. The lowest BCUT2D eigenvalue weighted by molar-refractivity contribution is 0.218. The molecule has 1 N–H and O–H groups in total. The Balaban J connectivity index is 1.76. The lowest BCUT2D eigenvalue weighted by atomic mass is 9.98. The van der Waals surface area contributed by atoms with Crippen LogP contribution in [0.4, 0.5) is 0 Å². The maximum Gasteiger partial charge on any atom is 0.0190 e. The summed E-state index contributed by atoms with van der Waals surface area (Å²) in [5.41, 5.74) is 1.56. The Kier molecular flexibility index (Phi) is 3.60. The van der Waals surface area contributed by atoms with E-state index in [0.29, 0.717) is 0 Å². The summed E-state index contributed by atoms with van der Waals surface area (Å²) >= 11 is 0. The summed E-state index contributed by atoms with van der Waals surface area (Å²) in [5, 5.41) is 3.49. The summed E-state index contributed by atoms with van der Waals surface area (Å²) < 4.78 is 0. The van der Waals surface area contributed by atoms with Crippen molar-refractivity contribution < 1.29 is 0 Å². The van der Waals surface area contributed by atoms with Crippen LogP contribution in [0.2, 0.25) is 0 Å². The maximum absolute atomic E-state index is 3.49. The Bertz CT molecular complexity index is 204. The van der Waals surface area contributed by atoms with Crippen LogP contribution in [0.3, 0.4) is 0 Å². The molecule has 2 aliphatic rings. The predicted octanol–water partition coefficient (Wildman–Crippen LogP) is 1.64. The van der Waals surface area contributed by atoms with Crippen LogP contribution in [-0.2, 0) is 0 Å². The van der Waals surface area contributed by atoms with E-state index in [1.165, 1.54) is 52.0 Å². The van der Waals surface area contributed by atoms with E-state index in [1.54, 1.807) is 5.57 Å². The average Bonchev–Trinajstić information content (AvgIpc) is 2.19. The second-order valence-corrected chi connectivity index (χ2v) is 4.79. The first-order valence-electron chi connectivity index (χ1n) is 5.93. The standard InChI is InChI=1S/C12H22N2/c1-11-4-3-7-14(9-11)10-12-5-2-6-13-8-12/h4,12-13H,2-3,5-10H2,1H3/t12-/m1/s1. The van der Waals surface area contributed by atoms with E-state index in [4.69, 9.17) is 0 Å². The highest BCUT2D eigenvalue weighted by Gasteiger charge is 2.18. The van der Waals surface area contributed by atoms with Crippen molar-refractivity contribution in [2.45, 2.75) is 26.2 Å². The molecule has 2 heteroatoms. The molecule has 14 heavy (non-hydrogen) atoms. The third-order valence-electron chi connectivity index (χ3n) is 3.33. The van der Waals surface area contributed by atoms with Gasteiger partial charge in [0.25, 0.3) is 0 Å². The Labute approximate surface area is 87.4 Å². The molecule has 2 rings (SSSR count). The molecule has 0 bridgehead atoms. The molecule has 0 aromatic heterocycles. The zero-order chi connectivity index (χ0) is 9.80. The van der Waals surface area contributed by atoms with E-state index in [1.807, 2.05) is 0 Å². The van der Waals surface area contributed by atoms with E-state index in [-0.39, 0.29) is 0 Å². The van der Waals surface area contributed by atoms with Gasteiger partial charge in [0, 0.05) is 19.6 Å². The van der Waals surface area contributed by atoms with E-state index >= 15 is 0 Å². The first-order chi connectivity index (χ1) is 6.84. The van der Waals surface area contributed by atoms with Crippen LogP contribution >= 0.6 is 0 Å². The fourth-order valence-corrected chi connectivity index (χ4v) is 2.59. The first-order valence-corrected chi connectivity index (χ1v) is 5.93. The van der Waals surface area contributed by atoms with Gasteiger partial charge in [0.1, 0.15) is 0 Å². The van der Waals surface area contributed by atoms with Gasteiger partial charge in [-0.1, -0.05) is 11.6 Å². The first kappa shape index (κ1) is 10.2. The Morgan fingerprint density at radius 2 is 2.50 bits per heavy atom. The topological polar surface area (TPSA) is 15.3 Å². The van der Waals surface area contributed by atoms with Gasteiger partial charge in [-0.2, -0.15) is 0 Å². The van der Waals surface area contributed by atoms with Crippen molar-refractivity contribution in [3.63, 3.8) is 0 Å². The third-order valence-corrected chi connectivity index (χ3v) is 3.33. The highest BCUT2D eigenvalue weighted by atomic mass is 15.1. The molecule has 2 heterocycles. The third kappa shape index (κ3) is 2.82. The molecule has 0 aromatic rings. The summed E-state index contributed by atoms with van der Waals surface area (Å²) in [7, 11) is 0. The SMILES string of the molecule is CC1=CCCN(C[C@@H]2CCCNC2)C1. The maximum atomic E-state index is 3.49. The molecule has 2 aliphatic heterocycles. The molecule has 80 valence electrons. The highest BCUT2D eigenvalue weighted by Crippen LogP contribution is 2.15. The molecule has 0 aliphatic carbocycles. The zero-order valence-corrected chi connectivity index (χ0v) is 9.26. The predicted molar refractivity (Wildman–Crippen MR) is 60.4 cm³/mol. The minimum Gasteiger partial charge on any atom is -0.316 e. The summed E-state index contributed by atoms with van der Waals surface area (Å²) in [6.45, 7) is 8.50. The molecular weight excluding hydrogens is 172 g/mol. The molecule has 0 unspecified atom stereocenters. The van der Waals surface area contributed by atoms with Gasteiger partial charge in [-0.25, -0.2) is 0 Å². The molecular formula is C12H22N2. The number of hydrogen-bond donors (Lipinski definition) is 1. The molecule has 0 spiro atoms. The van der Waals surface area contributed by atoms with Crippen molar-refractivity contribution >= 4 is 0 Å². The monoisotopic (exact) mass is 194 g/mol. The number of piperidine rings is 1. The van der Waals surface area contributed by atoms with Crippen molar-refractivity contribution in [3.8, 4) is 0 Å². The van der Waals surface area contributed by atoms with E-state index in [2.05, 4.69) is 23.2 Å². The van der Waals surface area contributed by atoms with Crippen LogP contribution < -0.4 is 5.32 Å². The van der Waals surface area contributed by atoms with Crippen LogP contribution in [0.25, 0.3) is 0 Å². The van der Waals surface area contributed by atoms with Gasteiger partial charge in [-0.15, -0.1) is 0 Å². The second kappa shape index (κ2) is 4.94. The van der Waals surface area contributed by atoms with Gasteiger partial charge < -0.3 is 5.32 Å². The summed E-state index contributed by atoms with van der Waals surface area (Å²) in [5.74, 6) is 0.898. The molecule has 0 radical (unpaired) electrons. The van der Waals surface area contributed by atoms with Crippen LogP contribution in [0.1, 0.15) is 26.2 Å². The largest absolute Gasteiger partial charge is 0.316 e. The van der Waals surface area contributed by atoms with Crippen molar-refractivity contribution in [1.82, 2.24) is 10.2 Å². The Hall–Kier alpha value is -0.340.